The maximum atomic E-state index is 11.8. The van der Waals surface area contributed by atoms with Gasteiger partial charge in [-0.05, 0) is 36.7 Å². The van der Waals surface area contributed by atoms with E-state index in [1.165, 1.54) is 0 Å². The van der Waals surface area contributed by atoms with E-state index >= 15 is 0 Å². The molecule has 1 saturated carbocycles. The van der Waals surface area contributed by atoms with Crippen LogP contribution in [0, 0.1) is 17.3 Å². The lowest BCUT2D eigenvalue weighted by Crippen LogP contribution is -2.12. The molecule has 0 aliphatic heterocycles. The molecule has 76 valence electrons. The third kappa shape index (κ3) is 1.17. The van der Waals surface area contributed by atoms with Gasteiger partial charge in [0.25, 0.3) is 0 Å². The van der Waals surface area contributed by atoms with E-state index in [-0.39, 0.29) is 23.0 Å². The van der Waals surface area contributed by atoms with Crippen molar-refractivity contribution >= 4 is 12.1 Å². The van der Waals surface area contributed by atoms with Crippen molar-refractivity contribution in [3.63, 3.8) is 0 Å². The van der Waals surface area contributed by atoms with E-state index in [0.29, 0.717) is 5.57 Å². The molecule has 2 rings (SSSR count). The summed E-state index contributed by atoms with van der Waals surface area (Å²) in [5.74, 6) is 0.530. The van der Waals surface area contributed by atoms with Gasteiger partial charge in [0.15, 0.2) is 5.78 Å². The molecular weight excluding hydrogens is 176 g/mol. The summed E-state index contributed by atoms with van der Waals surface area (Å²) in [4.78, 5) is 22.7. The van der Waals surface area contributed by atoms with Crippen molar-refractivity contribution in [1.82, 2.24) is 0 Å². The molecule has 0 aromatic rings. The second-order valence-corrected chi connectivity index (χ2v) is 5.35. The number of fused-ring (bicyclic) bond motifs is 1. The van der Waals surface area contributed by atoms with Gasteiger partial charge in [0.2, 0.25) is 0 Å². The van der Waals surface area contributed by atoms with Gasteiger partial charge in [-0.2, -0.15) is 0 Å². The van der Waals surface area contributed by atoms with E-state index in [9.17, 15) is 9.59 Å². The molecule has 0 N–H and O–H groups in total. The minimum atomic E-state index is 0.102. The summed E-state index contributed by atoms with van der Waals surface area (Å²) in [6.45, 7) is 6.14. The van der Waals surface area contributed by atoms with Crippen molar-refractivity contribution in [3.05, 3.63) is 11.1 Å². The van der Waals surface area contributed by atoms with E-state index in [0.717, 1.165) is 24.7 Å². The van der Waals surface area contributed by atoms with Gasteiger partial charge in [-0.15, -0.1) is 0 Å². The zero-order valence-electron chi connectivity index (χ0n) is 8.96. The summed E-state index contributed by atoms with van der Waals surface area (Å²) >= 11 is 0. The molecular formula is C12H16O2. The average Bonchev–Trinajstić information content (AvgIpc) is 2.50. The monoisotopic (exact) mass is 192 g/mol. The Morgan fingerprint density at radius 2 is 1.86 bits per heavy atom. The van der Waals surface area contributed by atoms with Crippen LogP contribution in [0.25, 0.3) is 0 Å². The minimum Gasteiger partial charge on any atom is -0.298 e. The Labute approximate surface area is 84.4 Å². The first-order valence-corrected chi connectivity index (χ1v) is 5.16. The van der Waals surface area contributed by atoms with Crippen LogP contribution in [-0.2, 0) is 9.59 Å². The summed E-state index contributed by atoms with van der Waals surface area (Å²) in [7, 11) is 0. The fraction of sp³-hybridized carbons (Fsp3) is 0.667. The van der Waals surface area contributed by atoms with Crippen LogP contribution in [0.3, 0.4) is 0 Å². The fourth-order valence-corrected chi connectivity index (χ4v) is 3.03. The SMILES string of the molecule is CC1=C(C=O)C2CC(C)(C)CC2C1=O. The number of carbonyl (C=O) groups excluding carboxylic acids is 2. The Kier molecular flexibility index (Phi) is 1.91. The standard InChI is InChI=1S/C12H16O2/c1-7-10(6-13)8-4-12(2,3)5-9(8)11(7)14/h6,8-9H,4-5H2,1-3H3. The second-order valence-electron chi connectivity index (χ2n) is 5.35. The molecule has 0 spiro atoms. The van der Waals surface area contributed by atoms with Gasteiger partial charge in [0, 0.05) is 11.5 Å². The highest BCUT2D eigenvalue weighted by molar-refractivity contribution is 6.06. The Bertz CT molecular complexity index is 336. The number of allylic oxidation sites excluding steroid dienone is 2. The van der Waals surface area contributed by atoms with Crippen molar-refractivity contribution in [1.29, 1.82) is 0 Å². The quantitative estimate of drug-likeness (QED) is 0.596. The molecule has 2 unspecified atom stereocenters. The van der Waals surface area contributed by atoms with Crippen molar-refractivity contribution in [2.45, 2.75) is 33.6 Å². The van der Waals surface area contributed by atoms with E-state index in [4.69, 9.17) is 0 Å². The van der Waals surface area contributed by atoms with Gasteiger partial charge >= 0.3 is 0 Å². The van der Waals surface area contributed by atoms with Crippen LogP contribution in [0.2, 0.25) is 0 Å². The third-order valence-corrected chi connectivity index (χ3v) is 3.70. The summed E-state index contributed by atoms with van der Waals surface area (Å²) in [6, 6.07) is 0. The van der Waals surface area contributed by atoms with Gasteiger partial charge in [-0.25, -0.2) is 0 Å². The Hall–Kier alpha value is -0.920. The number of carbonyl (C=O) groups is 2. The Morgan fingerprint density at radius 1 is 1.29 bits per heavy atom. The van der Waals surface area contributed by atoms with E-state index in [1.807, 2.05) is 0 Å². The molecule has 2 atom stereocenters. The first kappa shape index (κ1) is 9.63. The van der Waals surface area contributed by atoms with Crippen LogP contribution in [0.5, 0.6) is 0 Å². The molecule has 0 aromatic heterocycles. The number of hydrogen-bond acceptors (Lipinski definition) is 2. The number of aldehydes is 1. The normalized spacial score (nSPS) is 34.9. The molecule has 2 aliphatic rings. The molecule has 0 saturated heterocycles. The molecule has 0 aromatic carbocycles. The van der Waals surface area contributed by atoms with Crippen molar-refractivity contribution in [2.75, 3.05) is 0 Å². The van der Waals surface area contributed by atoms with Gasteiger partial charge in [-0.3, -0.25) is 9.59 Å². The van der Waals surface area contributed by atoms with E-state index in [1.54, 1.807) is 6.92 Å². The Morgan fingerprint density at radius 3 is 2.43 bits per heavy atom. The molecule has 2 aliphatic carbocycles. The van der Waals surface area contributed by atoms with Crippen molar-refractivity contribution in [2.24, 2.45) is 17.3 Å². The van der Waals surface area contributed by atoms with Crippen LogP contribution in [0.1, 0.15) is 33.6 Å². The van der Waals surface area contributed by atoms with Crippen LogP contribution in [0.15, 0.2) is 11.1 Å². The van der Waals surface area contributed by atoms with E-state index < -0.39 is 0 Å². The molecule has 0 bridgehead atoms. The smallest absolute Gasteiger partial charge is 0.162 e. The minimum absolute atomic E-state index is 0.102. The third-order valence-electron chi connectivity index (χ3n) is 3.70. The van der Waals surface area contributed by atoms with Crippen LogP contribution >= 0.6 is 0 Å². The highest BCUT2D eigenvalue weighted by atomic mass is 16.1. The molecule has 2 heteroatoms. The Balaban J connectivity index is 2.38. The highest BCUT2D eigenvalue weighted by Gasteiger charge is 2.49. The predicted octanol–water partition coefficient (Wildman–Crippen LogP) is 2.14. The first-order chi connectivity index (χ1) is 6.46. The molecule has 1 fully saturated rings. The summed E-state index contributed by atoms with van der Waals surface area (Å²) in [5, 5.41) is 0. The lowest BCUT2D eigenvalue weighted by atomic mass is 9.87. The lowest BCUT2D eigenvalue weighted by Gasteiger charge is -2.17. The number of hydrogen-bond donors (Lipinski definition) is 0. The maximum Gasteiger partial charge on any atom is 0.162 e. The van der Waals surface area contributed by atoms with E-state index in [2.05, 4.69) is 13.8 Å². The van der Waals surface area contributed by atoms with Crippen LogP contribution in [-0.4, -0.2) is 12.1 Å². The first-order valence-electron chi connectivity index (χ1n) is 5.16. The zero-order valence-corrected chi connectivity index (χ0v) is 8.96. The average molecular weight is 192 g/mol. The summed E-state index contributed by atoms with van der Waals surface area (Å²) in [6.07, 6.45) is 2.80. The fourth-order valence-electron chi connectivity index (χ4n) is 3.03. The molecule has 0 heterocycles. The lowest BCUT2D eigenvalue weighted by molar-refractivity contribution is -0.118. The number of rotatable bonds is 1. The van der Waals surface area contributed by atoms with Crippen LogP contribution < -0.4 is 0 Å². The summed E-state index contributed by atoms with van der Waals surface area (Å²) < 4.78 is 0. The molecule has 0 amide bonds. The van der Waals surface area contributed by atoms with Gasteiger partial charge in [0.1, 0.15) is 6.29 Å². The zero-order chi connectivity index (χ0) is 10.5. The highest BCUT2D eigenvalue weighted by Crippen LogP contribution is 2.52. The van der Waals surface area contributed by atoms with Gasteiger partial charge in [-0.1, -0.05) is 13.8 Å². The summed E-state index contributed by atoms with van der Waals surface area (Å²) in [5.41, 5.74) is 1.70. The number of Topliss-reactive ketones (excluding diaryl/α,β-unsaturated/α-hetero) is 1. The van der Waals surface area contributed by atoms with Gasteiger partial charge in [0.05, 0.1) is 0 Å². The predicted molar refractivity (Wildman–Crippen MR) is 53.8 cm³/mol. The van der Waals surface area contributed by atoms with Crippen molar-refractivity contribution in [3.8, 4) is 0 Å². The number of ketones is 1. The van der Waals surface area contributed by atoms with Crippen molar-refractivity contribution < 1.29 is 9.59 Å². The molecule has 2 nitrogen and oxygen atoms in total. The topological polar surface area (TPSA) is 34.1 Å². The van der Waals surface area contributed by atoms with Crippen LogP contribution in [0.4, 0.5) is 0 Å². The molecule has 14 heavy (non-hydrogen) atoms. The largest absolute Gasteiger partial charge is 0.298 e. The second kappa shape index (κ2) is 2.78. The van der Waals surface area contributed by atoms with Gasteiger partial charge < -0.3 is 0 Å². The molecule has 0 radical (unpaired) electrons. The maximum absolute atomic E-state index is 11.8.